The van der Waals surface area contributed by atoms with Crippen molar-refractivity contribution in [1.82, 2.24) is 5.32 Å². The quantitative estimate of drug-likeness (QED) is 0.841. The molecule has 0 fully saturated rings. The molecule has 0 aliphatic carbocycles. The lowest BCUT2D eigenvalue weighted by Gasteiger charge is -2.17. The summed E-state index contributed by atoms with van der Waals surface area (Å²) in [4.78, 5) is 1.50. The lowest BCUT2D eigenvalue weighted by atomic mass is 9.91. The SMILES string of the molecule is CNC(C)CC1CSc2cccc(C)c21. The highest BCUT2D eigenvalue weighted by atomic mass is 32.2. The van der Waals surface area contributed by atoms with E-state index in [0.717, 1.165) is 5.92 Å². The normalized spacial score (nSPS) is 21.4. The molecular formula is C13H19NS. The zero-order chi connectivity index (χ0) is 10.8. The van der Waals surface area contributed by atoms with E-state index in [2.05, 4.69) is 37.4 Å². The fourth-order valence-corrected chi connectivity index (χ4v) is 3.65. The maximum Gasteiger partial charge on any atom is 0.0110 e. The molecule has 1 nitrogen and oxygen atoms in total. The van der Waals surface area contributed by atoms with E-state index in [1.165, 1.54) is 22.6 Å². The van der Waals surface area contributed by atoms with Crippen molar-refractivity contribution < 1.29 is 0 Å². The highest BCUT2D eigenvalue weighted by Crippen LogP contribution is 2.43. The van der Waals surface area contributed by atoms with Gasteiger partial charge in [0, 0.05) is 16.7 Å². The lowest BCUT2D eigenvalue weighted by Crippen LogP contribution is -2.23. The van der Waals surface area contributed by atoms with Crippen molar-refractivity contribution in [3.05, 3.63) is 29.3 Å². The van der Waals surface area contributed by atoms with Crippen LogP contribution in [0.25, 0.3) is 0 Å². The summed E-state index contributed by atoms with van der Waals surface area (Å²) in [7, 11) is 2.05. The number of hydrogen-bond donors (Lipinski definition) is 1. The Kier molecular flexibility index (Phi) is 3.37. The van der Waals surface area contributed by atoms with Crippen molar-refractivity contribution in [1.29, 1.82) is 0 Å². The van der Waals surface area contributed by atoms with E-state index >= 15 is 0 Å². The van der Waals surface area contributed by atoms with Gasteiger partial charge in [0.2, 0.25) is 0 Å². The molecule has 0 aromatic heterocycles. The Labute approximate surface area is 96.7 Å². The minimum Gasteiger partial charge on any atom is -0.317 e. The molecule has 0 saturated carbocycles. The minimum absolute atomic E-state index is 0.612. The first-order chi connectivity index (χ1) is 7.22. The number of rotatable bonds is 3. The van der Waals surface area contributed by atoms with Gasteiger partial charge in [-0.05, 0) is 50.4 Å². The maximum absolute atomic E-state index is 3.33. The Hall–Kier alpha value is -0.470. The molecule has 1 N–H and O–H groups in total. The summed E-state index contributed by atoms with van der Waals surface area (Å²) in [5.74, 6) is 2.00. The van der Waals surface area contributed by atoms with Crippen LogP contribution in [0, 0.1) is 6.92 Å². The second kappa shape index (κ2) is 4.58. The van der Waals surface area contributed by atoms with Gasteiger partial charge in [-0.3, -0.25) is 0 Å². The monoisotopic (exact) mass is 221 g/mol. The third kappa shape index (κ3) is 2.21. The van der Waals surface area contributed by atoms with Crippen molar-refractivity contribution in [2.45, 2.75) is 37.1 Å². The molecule has 1 aromatic carbocycles. The van der Waals surface area contributed by atoms with Crippen molar-refractivity contribution in [3.8, 4) is 0 Å². The van der Waals surface area contributed by atoms with Crippen molar-refractivity contribution >= 4 is 11.8 Å². The van der Waals surface area contributed by atoms with Crippen LogP contribution >= 0.6 is 11.8 Å². The fourth-order valence-electron chi connectivity index (χ4n) is 2.31. The summed E-state index contributed by atoms with van der Waals surface area (Å²) in [5.41, 5.74) is 3.07. The molecule has 1 aromatic rings. The Balaban J connectivity index is 2.20. The summed E-state index contributed by atoms with van der Waals surface area (Å²) in [6.07, 6.45) is 1.25. The molecule has 2 atom stereocenters. The zero-order valence-electron chi connectivity index (χ0n) is 9.71. The van der Waals surface area contributed by atoms with Gasteiger partial charge in [-0.15, -0.1) is 11.8 Å². The first kappa shape index (κ1) is 11.0. The fraction of sp³-hybridized carbons (Fsp3) is 0.538. The van der Waals surface area contributed by atoms with Gasteiger partial charge in [0.1, 0.15) is 0 Å². The maximum atomic E-state index is 3.33. The van der Waals surface area contributed by atoms with Crippen LogP contribution in [-0.4, -0.2) is 18.8 Å². The minimum atomic E-state index is 0.612. The van der Waals surface area contributed by atoms with Gasteiger partial charge in [0.15, 0.2) is 0 Å². The van der Waals surface area contributed by atoms with Crippen LogP contribution in [0.5, 0.6) is 0 Å². The first-order valence-corrected chi connectivity index (χ1v) is 6.60. The van der Waals surface area contributed by atoms with E-state index in [9.17, 15) is 0 Å². The van der Waals surface area contributed by atoms with Crippen LogP contribution in [0.4, 0.5) is 0 Å². The number of hydrogen-bond acceptors (Lipinski definition) is 2. The van der Waals surface area contributed by atoms with Crippen LogP contribution in [0.3, 0.4) is 0 Å². The van der Waals surface area contributed by atoms with Crippen LogP contribution in [0.15, 0.2) is 23.1 Å². The standard InChI is InChI=1S/C13H19NS/c1-9-5-4-6-12-13(9)11(8-15-12)7-10(2)14-3/h4-6,10-11,14H,7-8H2,1-3H3. The summed E-state index contributed by atoms with van der Waals surface area (Å²) in [6.45, 7) is 4.50. The Morgan fingerprint density at radius 2 is 2.33 bits per heavy atom. The van der Waals surface area contributed by atoms with Gasteiger partial charge in [0.05, 0.1) is 0 Å². The van der Waals surface area contributed by atoms with Gasteiger partial charge in [-0.25, -0.2) is 0 Å². The van der Waals surface area contributed by atoms with E-state index < -0.39 is 0 Å². The summed E-state index contributed by atoms with van der Waals surface area (Å²) >= 11 is 2.01. The first-order valence-electron chi connectivity index (χ1n) is 5.62. The molecule has 0 amide bonds. The molecule has 0 spiro atoms. The molecule has 15 heavy (non-hydrogen) atoms. The molecule has 0 saturated heterocycles. The molecule has 82 valence electrons. The van der Waals surface area contributed by atoms with Gasteiger partial charge in [-0.2, -0.15) is 0 Å². The van der Waals surface area contributed by atoms with Crippen molar-refractivity contribution in [2.75, 3.05) is 12.8 Å². The second-order valence-corrected chi connectivity index (χ2v) is 5.48. The van der Waals surface area contributed by atoms with E-state index in [4.69, 9.17) is 0 Å². The molecule has 2 unspecified atom stereocenters. The Morgan fingerprint density at radius 3 is 3.07 bits per heavy atom. The largest absolute Gasteiger partial charge is 0.317 e. The number of nitrogens with one attached hydrogen (secondary N) is 1. The average molecular weight is 221 g/mol. The molecule has 1 aliphatic heterocycles. The number of aryl methyl sites for hydroxylation is 1. The van der Waals surface area contributed by atoms with Crippen LogP contribution in [0.2, 0.25) is 0 Å². The lowest BCUT2D eigenvalue weighted by molar-refractivity contribution is 0.519. The highest BCUT2D eigenvalue weighted by Gasteiger charge is 2.25. The predicted molar refractivity (Wildman–Crippen MR) is 67.8 cm³/mol. The van der Waals surface area contributed by atoms with Crippen molar-refractivity contribution in [2.24, 2.45) is 0 Å². The molecule has 2 rings (SSSR count). The van der Waals surface area contributed by atoms with E-state index in [1.807, 2.05) is 18.8 Å². The van der Waals surface area contributed by atoms with E-state index in [0.29, 0.717) is 6.04 Å². The molecular weight excluding hydrogens is 202 g/mol. The average Bonchev–Trinajstić information content (AvgIpc) is 2.63. The number of thioether (sulfide) groups is 1. The van der Waals surface area contributed by atoms with Crippen LogP contribution < -0.4 is 5.32 Å². The van der Waals surface area contributed by atoms with Gasteiger partial charge < -0.3 is 5.32 Å². The summed E-state index contributed by atoms with van der Waals surface area (Å²) in [6, 6.07) is 7.28. The molecule has 1 aliphatic rings. The number of fused-ring (bicyclic) bond motifs is 1. The molecule has 1 heterocycles. The summed E-state index contributed by atoms with van der Waals surface area (Å²) in [5, 5.41) is 3.33. The third-order valence-corrected chi connectivity index (χ3v) is 4.50. The molecule has 0 bridgehead atoms. The summed E-state index contributed by atoms with van der Waals surface area (Å²) < 4.78 is 0. The highest BCUT2D eigenvalue weighted by molar-refractivity contribution is 7.99. The number of benzene rings is 1. The molecule has 0 radical (unpaired) electrons. The Morgan fingerprint density at radius 1 is 1.53 bits per heavy atom. The third-order valence-electron chi connectivity index (χ3n) is 3.26. The Bertz CT molecular complexity index is 348. The second-order valence-electron chi connectivity index (χ2n) is 4.42. The van der Waals surface area contributed by atoms with Crippen molar-refractivity contribution in [3.63, 3.8) is 0 Å². The van der Waals surface area contributed by atoms with Gasteiger partial charge in [0.25, 0.3) is 0 Å². The van der Waals surface area contributed by atoms with E-state index in [1.54, 1.807) is 5.56 Å². The van der Waals surface area contributed by atoms with E-state index in [-0.39, 0.29) is 0 Å². The predicted octanol–water partition coefficient (Wildman–Crippen LogP) is 3.18. The zero-order valence-corrected chi connectivity index (χ0v) is 10.5. The smallest absolute Gasteiger partial charge is 0.0110 e. The topological polar surface area (TPSA) is 12.0 Å². The van der Waals surface area contributed by atoms with Crippen LogP contribution in [0.1, 0.15) is 30.4 Å². The van der Waals surface area contributed by atoms with Gasteiger partial charge >= 0.3 is 0 Å². The van der Waals surface area contributed by atoms with Gasteiger partial charge in [-0.1, -0.05) is 12.1 Å². The van der Waals surface area contributed by atoms with Crippen LogP contribution in [-0.2, 0) is 0 Å². The molecule has 2 heteroatoms.